The maximum atomic E-state index is 13.9. The summed E-state index contributed by atoms with van der Waals surface area (Å²) in [5.74, 6) is 0.843. The number of hydrogen-bond donors (Lipinski definition) is 1. The lowest BCUT2D eigenvalue weighted by Gasteiger charge is -2.30. The molecule has 0 spiro atoms. The Labute approximate surface area is 212 Å². The van der Waals surface area contributed by atoms with Crippen molar-refractivity contribution in [3.8, 4) is 17.2 Å². The number of nitrogens with zero attached hydrogens (tertiary/aromatic N) is 3. The molecule has 0 saturated carbocycles. The lowest BCUT2D eigenvalue weighted by atomic mass is 10.0. The normalized spacial score (nSPS) is 17.4. The van der Waals surface area contributed by atoms with E-state index in [0.717, 1.165) is 22.8 Å². The SMILES string of the molecule is COc1ccc(OC)c(N2C(=S)N[C@@H](c3ccccn3)[C@H]2c2cccn2-c2ccc(F)c(Cl)c2)c1. The Morgan fingerprint density at radius 2 is 1.89 bits per heavy atom. The topological polar surface area (TPSA) is 51.6 Å². The molecule has 0 unspecified atom stereocenters. The minimum absolute atomic E-state index is 0.0508. The standard InChI is InChI=1S/C26H22ClFN4O2S/c1-33-17-9-11-23(34-2)22(15-17)32-25(24(30-26(32)35)20-6-3-4-12-29-20)21-7-5-13-31(21)16-8-10-19(28)18(27)14-16/h3-15,24-25H,1-2H3,(H,30,35)/t24-,25+/m0/s1. The molecular formula is C26H22ClFN4O2S. The highest BCUT2D eigenvalue weighted by molar-refractivity contribution is 7.80. The number of thiocarbonyl (C=S) groups is 1. The van der Waals surface area contributed by atoms with Crippen LogP contribution in [0.15, 0.2) is 79.1 Å². The van der Waals surface area contributed by atoms with Crippen LogP contribution in [0.2, 0.25) is 5.02 Å². The summed E-state index contributed by atoms with van der Waals surface area (Å²) in [4.78, 5) is 6.61. The summed E-state index contributed by atoms with van der Waals surface area (Å²) in [7, 11) is 3.23. The van der Waals surface area contributed by atoms with E-state index in [4.69, 9.17) is 33.3 Å². The third-order valence-electron chi connectivity index (χ3n) is 6.01. The van der Waals surface area contributed by atoms with E-state index >= 15 is 0 Å². The molecule has 1 saturated heterocycles. The van der Waals surface area contributed by atoms with Crippen LogP contribution in [-0.2, 0) is 0 Å². The van der Waals surface area contributed by atoms with Crippen molar-refractivity contribution in [2.24, 2.45) is 0 Å². The Morgan fingerprint density at radius 1 is 1.03 bits per heavy atom. The Kier molecular flexibility index (Phi) is 6.32. The Morgan fingerprint density at radius 3 is 2.60 bits per heavy atom. The molecule has 0 bridgehead atoms. The van der Waals surface area contributed by atoms with Crippen LogP contribution >= 0.6 is 23.8 Å². The molecule has 6 nitrogen and oxygen atoms in total. The molecule has 178 valence electrons. The predicted octanol–water partition coefficient (Wildman–Crippen LogP) is 5.86. The Balaban J connectivity index is 1.71. The Hall–Kier alpha value is -3.62. The molecule has 0 amide bonds. The van der Waals surface area contributed by atoms with E-state index in [1.54, 1.807) is 32.5 Å². The zero-order valence-electron chi connectivity index (χ0n) is 19.0. The molecule has 2 aromatic carbocycles. The third kappa shape index (κ3) is 4.19. The first-order chi connectivity index (χ1) is 17.0. The van der Waals surface area contributed by atoms with Gasteiger partial charge in [0.05, 0.1) is 36.7 Å². The van der Waals surface area contributed by atoms with Gasteiger partial charge in [0.15, 0.2) is 5.11 Å². The first-order valence-electron chi connectivity index (χ1n) is 10.9. The van der Waals surface area contributed by atoms with Crippen LogP contribution < -0.4 is 19.7 Å². The number of benzene rings is 2. The summed E-state index contributed by atoms with van der Waals surface area (Å²) in [5.41, 5.74) is 3.21. The number of ether oxygens (including phenoxy) is 2. The van der Waals surface area contributed by atoms with Gasteiger partial charge in [-0.25, -0.2) is 4.39 Å². The van der Waals surface area contributed by atoms with Gasteiger partial charge in [-0.05, 0) is 66.8 Å². The molecule has 2 atom stereocenters. The summed E-state index contributed by atoms with van der Waals surface area (Å²) in [6, 6.07) is 19.4. The molecule has 4 aromatic rings. The minimum atomic E-state index is -0.470. The fraction of sp³-hybridized carbons (Fsp3) is 0.154. The van der Waals surface area contributed by atoms with Crippen molar-refractivity contribution in [1.29, 1.82) is 0 Å². The van der Waals surface area contributed by atoms with Crippen molar-refractivity contribution in [1.82, 2.24) is 14.9 Å². The summed E-state index contributed by atoms with van der Waals surface area (Å²) in [6.07, 6.45) is 3.67. The maximum absolute atomic E-state index is 13.9. The molecule has 3 heterocycles. The van der Waals surface area contributed by atoms with Gasteiger partial charge >= 0.3 is 0 Å². The van der Waals surface area contributed by atoms with Gasteiger partial charge < -0.3 is 24.3 Å². The number of halogens is 2. The number of methoxy groups -OCH3 is 2. The van der Waals surface area contributed by atoms with Gasteiger partial charge in [0, 0.05) is 29.8 Å². The zero-order valence-corrected chi connectivity index (χ0v) is 20.6. The molecule has 35 heavy (non-hydrogen) atoms. The van der Waals surface area contributed by atoms with E-state index in [1.165, 1.54) is 6.07 Å². The third-order valence-corrected chi connectivity index (χ3v) is 6.61. The van der Waals surface area contributed by atoms with Crippen molar-refractivity contribution in [2.75, 3.05) is 19.1 Å². The second-order valence-electron chi connectivity index (χ2n) is 7.94. The van der Waals surface area contributed by atoms with Gasteiger partial charge in [0.1, 0.15) is 23.4 Å². The number of nitrogens with one attached hydrogen (secondary N) is 1. The second-order valence-corrected chi connectivity index (χ2v) is 8.73. The largest absolute Gasteiger partial charge is 0.497 e. The highest BCUT2D eigenvalue weighted by Gasteiger charge is 2.43. The smallest absolute Gasteiger partial charge is 0.174 e. The average Bonchev–Trinajstić information content (AvgIpc) is 3.50. The maximum Gasteiger partial charge on any atom is 0.174 e. The van der Waals surface area contributed by atoms with Crippen LogP contribution in [0.5, 0.6) is 11.5 Å². The van der Waals surface area contributed by atoms with Crippen LogP contribution in [0.1, 0.15) is 23.5 Å². The lowest BCUT2D eigenvalue weighted by Crippen LogP contribution is -2.30. The van der Waals surface area contributed by atoms with Gasteiger partial charge in [0.25, 0.3) is 0 Å². The molecular weight excluding hydrogens is 487 g/mol. The van der Waals surface area contributed by atoms with Crippen molar-refractivity contribution in [2.45, 2.75) is 12.1 Å². The highest BCUT2D eigenvalue weighted by atomic mass is 35.5. The molecule has 0 aliphatic carbocycles. The molecule has 1 fully saturated rings. The summed E-state index contributed by atoms with van der Waals surface area (Å²) >= 11 is 12.0. The fourth-order valence-electron chi connectivity index (χ4n) is 4.41. The molecule has 0 radical (unpaired) electrons. The van der Waals surface area contributed by atoms with Crippen molar-refractivity contribution in [3.05, 3.63) is 101 Å². The van der Waals surface area contributed by atoms with Crippen LogP contribution in [0.4, 0.5) is 10.1 Å². The molecule has 1 aliphatic rings. The van der Waals surface area contributed by atoms with Crippen molar-refractivity contribution >= 4 is 34.6 Å². The van der Waals surface area contributed by atoms with E-state index in [0.29, 0.717) is 16.6 Å². The first kappa shape index (κ1) is 23.1. The van der Waals surface area contributed by atoms with E-state index in [1.807, 2.05) is 64.2 Å². The predicted molar refractivity (Wildman–Crippen MR) is 138 cm³/mol. The van der Waals surface area contributed by atoms with Crippen molar-refractivity contribution in [3.63, 3.8) is 0 Å². The average molecular weight is 509 g/mol. The van der Waals surface area contributed by atoms with Gasteiger partial charge in [-0.1, -0.05) is 17.7 Å². The quantitative estimate of drug-likeness (QED) is 0.329. The van der Waals surface area contributed by atoms with Gasteiger partial charge in [-0.15, -0.1) is 0 Å². The Bertz CT molecular complexity index is 1380. The van der Waals surface area contributed by atoms with Crippen molar-refractivity contribution < 1.29 is 13.9 Å². The number of aromatic nitrogens is 2. The van der Waals surface area contributed by atoms with Gasteiger partial charge in [-0.3, -0.25) is 4.98 Å². The monoisotopic (exact) mass is 508 g/mol. The van der Waals surface area contributed by atoms with E-state index in [9.17, 15) is 4.39 Å². The van der Waals surface area contributed by atoms with Crippen LogP contribution in [0.25, 0.3) is 5.69 Å². The summed E-state index contributed by atoms with van der Waals surface area (Å²) in [6.45, 7) is 0. The molecule has 5 rings (SSSR count). The first-order valence-corrected chi connectivity index (χ1v) is 11.7. The fourth-order valence-corrected chi connectivity index (χ4v) is 4.92. The van der Waals surface area contributed by atoms with Gasteiger partial charge in [-0.2, -0.15) is 0 Å². The molecule has 9 heteroatoms. The van der Waals surface area contributed by atoms with E-state index in [-0.39, 0.29) is 17.1 Å². The highest BCUT2D eigenvalue weighted by Crippen LogP contribution is 2.46. The molecule has 1 N–H and O–H groups in total. The van der Waals surface area contributed by atoms with E-state index < -0.39 is 5.82 Å². The van der Waals surface area contributed by atoms with Crippen LogP contribution in [-0.4, -0.2) is 28.9 Å². The summed E-state index contributed by atoms with van der Waals surface area (Å²) < 4.78 is 27.1. The number of rotatable bonds is 6. The van der Waals surface area contributed by atoms with Crippen LogP contribution in [0.3, 0.4) is 0 Å². The molecule has 1 aliphatic heterocycles. The van der Waals surface area contributed by atoms with E-state index in [2.05, 4.69) is 10.3 Å². The van der Waals surface area contributed by atoms with Gasteiger partial charge in [0.2, 0.25) is 0 Å². The number of hydrogen-bond acceptors (Lipinski definition) is 4. The zero-order chi connectivity index (χ0) is 24.5. The summed E-state index contributed by atoms with van der Waals surface area (Å²) in [5, 5.41) is 4.01. The minimum Gasteiger partial charge on any atom is -0.497 e. The van der Waals surface area contributed by atoms with Crippen LogP contribution in [0, 0.1) is 5.82 Å². The lowest BCUT2D eigenvalue weighted by molar-refractivity contribution is 0.402. The molecule has 2 aromatic heterocycles. The number of pyridine rings is 1. The number of anilines is 1. The second kappa shape index (κ2) is 9.56.